The number of carbonyl (C=O) groups is 1. The summed E-state index contributed by atoms with van der Waals surface area (Å²) in [5.41, 5.74) is 2.92. The highest BCUT2D eigenvalue weighted by molar-refractivity contribution is 6.33. The van der Waals surface area contributed by atoms with Gasteiger partial charge in [-0.3, -0.25) is 9.48 Å². The molecule has 1 amide bonds. The van der Waals surface area contributed by atoms with Crippen molar-refractivity contribution >= 4 is 17.5 Å². The molecule has 2 heterocycles. The van der Waals surface area contributed by atoms with Gasteiger partial charge in [-0.05, 0) is 32.3 Å². The van der Waals surface area contributed by atoms with Gasteiger partial charge in [-0.15, -0.1) is 0 Å². The second-order valence-electron chi connectivity index (χ2n) is 5.73. The van der Waals surface area contributed by atoms with Gasteiger partial charge in [0.2, 0.25) is 0 Å². The van der Waals surface area contributed by atoms with Gasteiger partial charge in [0, 0.05) is 13.1 Å². The van der Waals surface area contributed by atoms with Gasteiger partial charge in [0.15, 0.2) is 0 Å². The molecule has 3 rings (SSSR count). The van der Waals surface area contributed by atoms with E-state index < -0.39 is 0 Å². The topological polar surface area (TPSA) is 38.1 Å². The minimum atomic E-state index is -0.0200. The molecule has 2 aromatic rings. The number of rotatable bonds is 3. The van der Waals surface area contributed by atoms with E-state index in [4.69, 9.17) is 11.6 Å². The zero-order valence-electron chi connectivity index (χ0n) is 12.9. The van der Waals surface area contributed by atoms with E-state index in [-0.39, 0.29) is 11.9 Å². The number of carbonyl (C=O) groups excluding carboxylic acids is 1. The summed E-state index contributed by atoms with van der Waals surface area (Å²) < 4.78 is 1.68. The van der Waals surface area contributed by atoms with Crippen molar-refractivity contribution in [2.75, 3.05) is 6.54 Å². The van der Waals surface area contributed by atoms with Crippen LogP contribution in [0.1, 0.15) is 47.4 Å². The van der Waals surface area contributed by atoms with Crippen molar-refractivity contribution in [2.24, 2.45) is 0 Å². The Labute approximate surface area is 135 Å². The summed E-state index contributed by atoms with van der Waals surface area (Å²) in [6, 6.07) is 8.52. The molecule has 1 aliphatic heterocycles. The number of hydrogen-bond donors (Lipinski definition) is 0. The van der Waals surface area contributed by atoms with E-state index in [0.29, 0.717) is 17.3 Å². The maximum atomic E-state index is 13.0. The summed E-state index contributed by atoms with van der Waals surface area (Å²) in [5, 5.41) is 4.61. The highest BCUT2D eigenvalue weighted by atomic mass is 35.5. The predicted octanol–water partition coefficient (Wildman–Crippen LogP) is 3.84. The number of nitrogens with zero attached hydrogens (tertiary/aromatic N) is 3. The van der Waals surface area contributed by atoms with E-state index >= 15 is 0 Å². The Kier molecular flexibility index (Phi) is 4.21. The van der Waals surface area contributed by atoms with Crippen molar-refractivity contribution in [3.8, 4) is 0 Å². The molecule has 5 heteroatoms. The number of likely N-dealkylation sites (tertiary alicyclic amines) is 1. The molecule has 0 radical (unpaired) electrons. The first-order chi connectivity index (χ1) is 10.6. The van der Waals surface area contributed by atoms with E-state index in [1.54, 1.807) is 10.9 Å². The van der Waals surface area contributed by atoms with E-state index in [1.165, 1.54) is 11.1 Å². The van der Waals surface area contributed by atoms with Gasteiger partial charge in [-0.25, -0.2) is 0 Å². The Hall–Kier alpha value is -1.81. The summed E-state index contributed by atoms with van der Waals surface area (Å²) in [6.45, 7) is 5.44. The number of benzene rings is 1. The first kappa shape index (κ1) is 15.1. The summed E-state index contributed by atoms with van der Waals surface area (Å²) in [5.74, 6) is -0.0200. The Balaban J connectivity index is 1.93. The average molecular weight is 318 g/mol. The molecule has 22 heavy (non-hydrogen) atoms. The second kappa shape index (κ2) is 6.13. The van der Waals surface area contributed by atoms with Crippen LogP contribution in [0.2, 0.25) is 5.02 Å². The van der Waals surface area contributed by atoms with E-state index in [1.807, 2.05) is 11.8 Å². The molecule has 1 aromatic carbocycles. The first-order valence-electron chi connectivity index (χ1n) is 7.70. The fourth-order valence-corrected chi connectivity index (χ4v) is 3.41. The molecule has 0 bridgehead atoms. The number of aryl methyl sites for hydroxylation is 2. The summed E-state index contributed by atoms with van der Waals surface area (Å²) in [6.07, 6.45) is 3.56. The van der Waals surface area contributed by atoms with Gasteiger partial charge in [0.1, 0.15) is 5.69 Å². The van der Waals surface area contributed by atoms with Gasteiger partial charge in [0.25, 0.3) is 5.91 Å². The Morgan fingerprint density at radius 3 is 3.00 bits per heavy atom. The van der Waals surface area contributed by atoms with Crippen LogP contribution in [0.5, 0.6) is 0 Å². The maximum Gasteiger partial charge on any atom is 0.274 e. The quantitative estimate of drug-likeness (QED) is 0.862. The Bertz CT molecular complexity index is 695. The van der Waals surface area contributed by atoms with Gasteiger partial charge in [-0.2, -0.15) is 5.10 Å². The van der Waals surface area contributed by atoms with Crippen LogP contribution in [-0.2, 0) is 6.54 Å². The van der Waals surface area contributed by atoms with E-state index in [0.717, 1.165) is 19.4 Å². The normalized spacial score (nSPS) is 18.0. The zero-order valence-corrected chi connectivity index (χ0v) is 13.7. The van der Waals surface area contributed by atoms with Crippen molar-refractivity contribution < 1.29 is 4.79 Å². The predicted molar refractivity (Wildman–Crippen MR) is 87.1 cm³/mol. The van der Waals surface area contributed by atoms with Gasteiger partial charge >= 0.3 is 0 Å². The van der Waals surface area contributed by atoms with Gasteiger partial charge in [-0.1, -0.05) is 41.4 Å². The lowest BCUT2D eigenvalue weighted by Crippen LogP contribution is -2.32. The van der Waals surface area contributed by atoms with Crippen LogP contribution in [0.25, 0.3) is 0 Å². The molecule has 1 aromatic heterocycles. The van der Waals surface area contributed by atoms with Crippen LogP contribution in [-0.4, -0.2) is 27.1 Å². The van der Waals surface area contributed by atoms with Crippen molar-refractivity contribution in [1.29, 1.82) is 0 Å². The molecular formula is C17H20ClN3O. The molecule has 0 saturated carbocycles. The lowest BCUT2D eigenvalue weighted by molar-refractivity contribution is 0.0723. The van der Waals surface area contributed by atoms with Crippen molar-refractivity contribution in [1.82, 2.24) is 14.7 Å². The smallest absolute Gasteiger partial charge is 0.274 e. The third kappa shape index (κ3) is 2.63. The molecule has 0 N–H and O–H groups in total. The molecule has 0 spiro atoms. The molecular weight excluding hydrogens is 298 g/mol. The molecule has 0 unspecified atom stereocenters. The summed E-state index contributed by atoms with van der Waals surface area (Å²) in [4.78, 5) is 14.9. The highest BCUT2D eigenvalue weighted by Gasteiger charge is 2.33. The third-order valence-corrected chi connectivity index (χ3v) is 4.51. The SMILES string of the molecule is CCn1ncc(Cl)c1C(=O)N1CCC[C@@H]1c1cccc(C)c1. The minimum absolute atomic E-state index is 0.0200. The molecule has 116 valence electrons. The van der Waals surface area contributed by atoms with Crippen molar-refractivity contribution in [3.63, 3.8) is 0 Å². The number of hydrogen-bond acceptors (Lipinski definition) is 2. The number of aromatic nitrogens is 2. The lowest BCUT2D eigenvalue weighted by atomic mass is 10.0. The molecule has 1 atom stereocenters. The molecule has 0 aliphatic carbocycles. The fraction of sp³-hybridized carbons (Fsp3) is 0.412. The van der Waals surface area contributed by atoms with Crippen molar-refractivity contribution in [3.05, 3.63) is 52.3 Å². The van der Waals surface area contributed by atoms with Crippen LogP contribution >= 0.6 is 11.6 Å². The zero-order chi connectivity index (χ0) is 15.7. The number of halogens is 1. The number of amides is 1. The monoisotopic (exact) mass is 317 g/mol. The lowest BCUT2D eigenvalue weighted by Gasteiger charge is -2.25. The van der Waals surface area contributed by atoms with Crippen LogP contribution < -0.4 is 0 Å². The maximum absolute atomic E-state index is 13.0. The Morgan fingerprint density at radius 1 is 1.45 bits per heavy atom. The molecule has 1 saturated heterocycles. The Morgan fingerprint density at radius 2 is 2.27 bits per heavy atom. The van der Waals surface area contributed by atoms with Crippen molar-refractivity contribution in [2.45, 2.75) is 39.3 Å². The minimum Gasteiger partial charge on any atom is -0.330 e. The largest absolute Gasteiger partial charge is 0.330 e. The standard InChI is InChI=1S/C17H20ClN3O/c1-3-21-16(14(18)11-19-21)17(22)20-9-5-8-15(20)13-7-4-6-12(2)10-13/h4,6-7,10-11,15H,3,5,8-9H2,1-2H3/t15-/m1/s1. The van der Waals surface area contributed by atoms with E-state index in [9.17, 15) is 4.79 Å². The second-order valence-corrected chi connectivity index (χ2v) is 6.13. The fourth-order valence-electron chi connectivity index (χ4n) is 3.18. The van der Waals surface area contributed by atoms with Crippen LogP contribution in [0.15, 0.2) is 30.5 Å². The van der Waals surface area contributed by atoms with E-state index in [2.05, 4.69) is 36.3 Å². The molecule has 1 fully saturated rings. The average Bonchev–Trinajstić information content (AvgIpc) is 3.13. The van der Waals surface area contributed by atoms with Gasteiger partial charge in [0.05, 0.1) is 17.3 Å². The summed E-state index contributed by atoms with van der Waals surface area (Å²) in [7, 11) is 0. The third-order valence-electron chi connectivity index (χ3n) is 4.24. The molecule has 1 aliphatic rings. The van der Waals surface area contributed by atoms with Crippen LogP contribution in [0.4, 0.5) is 0 Å². The molecule has 4 nitrogen and oxygen atoms in total. The van der Waals surface area contributed by atoms with Gasteiger partial charge < -0.3 is 4.90 Å². The van der Waals surface area contributed by atoms with Crippen LogP contribution in [0, 0.1) is 6.92 Å². The summed E-state index contributed by atoms with van der Waals surface area (Å²) >= 11 is 6.19. The van der Waals surface area contributed by atoms with Crippen LogP contribution in [0.3, 0.4) is 0 Å². The highest BCUT2D eigenvalue weighted by Crippen LogP contribution is 2.34. The first-order valence-corrected chi connectivity index (χ1v) is 8.08.